The predicted molar refractivity (Wildman–Crippen MR) is 201 cm³/mol. The zero-order chi connectivity index (χ0) is 40.4. The Balaban J connectivity index is 3.00. The molecule has 0 aromatic heterocycles. The second kappa shape index (κ2) is 23.8. The number of nitrogens with two attached hydrogens (primary N) is 3. The van der Waals surface area contributed by atoms with Gasteiger partial charge in [0.2, 0.25) is 35.4 Å². The van der Waals surface area contributed by atoms with Crippen molar-refractivity contribution in [2.24, 2.45) is 35.0 Å². The van der Waals surface area contributed by atoms with E-state index in [0.29, 0.717) is 58.0 Å². The van der Waals surface area contributed by atoms with Crippen molar-refractivity contribution in [3.63, 3.8) is 0 Å². The van der Waals surface area contributed by atoms with Crippen molar-refractivity contribution in [2.45, 2.75) is 149 Å². The van der Waals surface area contributed by atoms with Crippen LogP contribution in [0.25, 0.3) is 0 Å². The number of likely N-dealkylation sites (tertiary alicyclic amines) is 1. The molecule has 1 saturated heterocycles. The third-order valence-corrected chi connectivity index (χ3v) is 9.72. The summed E-state index contributed by atoms with van der Waals surface area (Å²) in [5.41, 5.74) is 17.1. The van der Waals surface area contributed by atoms with E-state index in [1.165, 1.54) is 11.8 Å². The Morgan fingerprint density at radius 1 is 0.698 bits per heavy atom. The van der Waals surface area contributed by atoms with Crippen LogP contribution in [0.3, 0.4) is 0 Å². The lowest BCUT2D eigenvalue weighted by Crippen LogP contribution is -2.61. The van der Waals surface area contributed by atoms with Gasteiger partial charge in [0.15, 0.2) is 0 Å². The van der Waals surface area contributed by atoms with Crippen molar-refractivity contribution >= 4 is 41.4 Å². The summed E-state index contributed by atoms with van der Waals surface area (Å²) in [4.78, 5) is 93.3. The minimum Gasteiger partial charge on any atom is -0.480 e. The number of rotatable bonds is 24. The molecule has 1 aliphatic rings. The molecule has 0 aromatic rings. The number of nitrogens with zero attached hydrogens (tertiary/aromatic N) is 1. The SMILES string of the molecule is CC[C@H](C)[C@H](NC(=O)[C@@H](N)CCCCN)C(=O)N[C@H](C(=O)N[C@@H](C)C(=O)N1CCC[C@H]1C(=O)N[C@H](C(=O)N[C@@H](CCCCN)C(=O)O)C(C)C)C(C)C. The maximum atomic E-state index is 13.6. The fraction of sp³-hybridized carbons (Fsp3) is 0.806. The van der Waals surface area contributed by atoms with Gasteiger partial charge in [0.05, 0.1) is 6.04 Å². The lowest BCUT2D eigenvalue weighted by molar-refractivity contribution is -0.144. The van der Waals surface area contributed by atoms with E-state index >= 15 is 0 Å². The van der Waals surface area contributed by atoms with E-state index < -0.39 is 89.6 Å². The van der Waals surface area contributed by atoms with Crippen LogP contribution in [0.4, 0.5) is 0 Å². The van der Waals surface area contributed by atoms with Crippen LogP contribution in [0.2, 0.25) is 0 Å². The molecule has 53 heavy (non-hydrogen) atoms. The predicted octanol–water partition coefficient (Wildman–Crippen LogP) is -0.551. The molecule has 0 radical (unpaired) electrons. The lowest BCUT2D eigenvalue weighted by Gasteiger charge is -2.31. The molecular weight excluding hydrogens is 686 g/mol. The Morgan fingerprint density at radius 2 is 1.21 bits per heavy atom. The first-order chi connectivity index (χ1) is 24.9. The molecule has 0 saturated carbocycles. The Bertz CT molecular complexity index is 1230. The summed E-state index contributed by atoms with van der Waals surface area (Å²) in [6.45, 7) is 13.2. The average molecular weight is 754 g/mol. The Morgan fingerprint density at radius 3 is 1.74 bits per heavy atom. The molecule has 1 rings (SSSR count). The van der Waals surface area contributed by atoms with Crippen molar-refractivity contribution < 1.29 is 38.7 Å². The molecule has 0 aromatic carbocycles. The molecule has 0 unspecified atom stereocenters. The third-order valence-electron chi connectivity index (χ3n) is 9.72. The van der Waals surface area contributed by atoms with E-state index in [0.717, 1.165) is 6.42 Å². The lowest BCUT2D eigenvalue weighted by atomic mass is 9.96. The molecule has 0 aliphatic carbocycles. The minimum absolute atomic E-state index is 0.187. The number of carbonyl (C=O) groups excluding carboxylic acids is 6. The van der Waals surface area contributed by atoms with Crippen molar-refractivity contribution in [1.82, 2.24) is 31.5 Å². The first-order valence-electron chi connectivity index (χ1n) is 19.1. The van der Waals surface area contributed by atoms with Gasteiger partial charge in [-0.15, -0.1) is 0 Å². The maximum Gasteiger partial charge on any atom is 0.326 e. The normalized spacial score (nSPS) is 18.3. The van der Waals surface area contributed by atoms with Gasteiger partial charge in [0.25, 0.3) is 0 Å². The van der Waals surface area contributed by atoms with Crippen LogP contribution in [0, 0.1) is 17.8 Å². The van der Waals surface area contributed by atoms with Crippen LogP contribution in [0.15, 0.2) is 0 Å². The van der Waals surface area contributed by atoms with Gasteiger partial charge < -0.3 is 53.8 Å². The van der Waals surface area contributed by atoms with Gasteiger partial charge in [-0.2, -0.15) is 0 Å². The summed E-state index contributed by atoms with van der Waals surface area (Å²) in [5, 5.41) is 23.0. The van der Waals surface area contributed by atoms with Crippen LogP contribution in [-0.2, 0) is 33.6 Å². The van der Waals surface area contributed by atoms with Crippen LogP contribution in [0.1, 0.15) is 106 Å². The Hall–Kier alpha value is -3.83. The Labute approximate surface area is 314 Å². The number of amides is 6. The summed E-state index contributed by atoms with van der Waals surface area (Å²) in [6, 6.07) is -7.00. The topological polar surface area (TPSA) is 281 Å². The molecule has 6 amide bonds. The van der Waals surface area contributed by atoms with Crippen LogP contribution in [-0.4, -0.2) is 113 Å². The van der Waals surface area contributed by atoms with Gasteiger partial charge >= 0.3 is 5.97 Å². The van der Waals surface area contributed by atoms with Crippen LogP contribution >= 0.6 is 0 Å². The number of aliphatic carboxylic acids is 1. The summed E-state index contributed by atoms with van der Waals surface area (Å²) in [5.74, 6) is -5.62. The van der Waals surface area contributed by atoms with Crippen molar-refractivity contribution in [2.75, 3.05) is 19.6 Å². The van der Waals surface area contributed by atoms with Crippen LogP contribution < -0.4 is 43.8 Å². The van der Waals surface area contributed by atoms with Gasteiger partial charge in [-0.1, -0.05) is 54.4 Å². The quantitative estimate of drug-likeness (QED) is 0.0564. The van der Waals surface area contributed by atoms with Crippen molar-refractivity contribution in [3.8, 4) is 0 Å². The molecule has 0 bridgehead atoms. The first-order valence-corrected chi connectivity index (χ1v) is 19.1. The largest absolute Gasteiger partial charge is 0.480 e. The molecular formula is C36H67N9O8. The highest BCUT2D eigenvalue weighted by Crippen LogP contribution is 2.20. The molecule has 1 fully saturated rings. The van der Waals surface area contributed by atoms with E-state index in [1.807, 2.05) is 13.8 Å². The Kier molecular flexibility index (Phi) is 21.2. The molecule has 8 atom stereocenters. The second-order valence-electron chi connectivity index (χ2n) is 14.8. The summed E-state index contributed by atoms with van der Waals surface area (Å²) in [6.07, 6.45) is 4.50. The number of carboxylic acid groups (broad SMARTS) is 1. The van der Waals surface area contributed by atoms with Crippen molar-refractivity contribution in [3.05, 3.63) is 0 Å². The maximum absolute atomic E-state index is 13.6. The van der Waals surface area contributed by atoms with Gasteiger partial charge in [0.1, 0.15) is 36.3 Å². The standard InChI is InChI=1S/C36H67N9O8/c1-8-22(6)29(44-30(46)24(39)14-9-11-17-37)34(50)43-27(20(2)3)32(48)40-23(7)35(51)45-19-13-16-26(45)31(47)42-28(21(4)5)33(49)41-25(36(52)53)15-10-12-18-38/h20-29H,8-19,37-39H2,1-7H3,(H,40,48)(H,41,49)(H,42,47)(H,43,50)(H,44,46)(H,52,53)/t22-,23-,24-,25-,26-,27-,28-,29-/m0/s1. The van der Waals surface area contributed by atoms with Gasteiger partial charge in [0, 0.05) is 6.54 Å². The highest BCUT2D eigenvalue weighted by atomic mass is 16.4. The summed E-state index contributed by atoms with van der Waals surface area (Å²) >= 11 is 0. The number of carbonyl (C=O) groups is 7. The molecule has 17 nitrogen and oxygen atoms in total. The summed E-state index contributed by atoms with van der Waals surface area (Å²) < 4.78 is 0. The molecule has 304 valence electrons. The zero-order valence-electron chi connectivity index (χ0n) is 32.7. The smallest absolute Gasteiger partial charge is 0.326 e. The van der Waals surface area contributed by atoms with Crippen molar-refractivity contribution in [1.29, 1.82) is 0 Å². The van der Waals surface area contributed by atoms with E-state index in [4.69, 9.17) is 17.2 Å². The molecule has 17 heteroatoms. The number of hydrogen-bond acceptors (Lipinski definition) is 10. The molecule has 12 N–H and O–H groups in total. The highest BCUT2D eigenvalue weighted by molar-refractivity contribution is 5.97. The average Bonchev–Trinajstić information content (AvgIpc) is 3.60. The number of carboxylic acids is 1. The van der Waals surface area contributed by atoms with E-state index in [2.05, 4.69) is 26.6 Å². The fourth-order valence-electron chi connectivity index (χ4n) is 6.09. The zero-order valence-corrected chi connectivity index (χ0v) is 32.7. The minimum atomic E-state index is -1.19. The fourth-order valence-corrected chi connectivity index (χ4v) is 6.09. The monoisotopic (exact) mass is 754 g/mol. The molecule has 1 heterocycles. The van der Waals surface area contributed by atoms with E-state index in [1.54, 1.807) is 27.7 Å². The van der Waals surface area contributed by atoms with Crippen LogP contribution in [0.5, 0.6) is 0 Å². The number of unbranched alkanes of at least 4 members (excludes halogenated alkanes) is 2. The number of nitrogens with one attached hydrogen (secondary N) is 5. The third kappa shape index (κ3) is 15.2. The van der Waals surface area contributed by atoms with Gasteiger partial charge in [-0.25, -0.2) is 4.79 Å². The van der Waals surface area contributed by atoms with E-state index in [-0.39, 0.29) is 24.8 Å². The number of hydrogen-bond donors (Lipinski definition) is 9. The van der Waals surface area contributed by atoms with Gasteiger partial charge in [-0.3, -0.25) is 28.8 Å². The molecule has 0 spiro atoms. The highest BCUT2D eigenvalue weighted by Gasteiger charge is 2.40. The second-order valence-corrected chi connectivity index (χ2v) is 14.8. The summed E-state index contributed by atoms with van der Waals surface area (Å²) in [7, 11) is 0. The van der Waals surface area contributed by atoms with E-state index in [9.17, 15) is 38.7 Å². The first kappa shape index (κ1) is 47.2. The van der Waals surface area contributed by atoms with Gasteiger partial charge in [-0.05, 0) is 82.7 Å². The molecule has 1 aliphatic heterocycles.